The van der Waals surface area contributed by atoms with Crippen molar-refractivity contribution < 1.29 is 9.84 Å². The number of hydrogen-bond donors (Lipinski definition) is 2. The summed E-state index contributed by atoms with van der Waals surface area (Å²) in [4.78, 5) is 18.2. The van der Waals surface area contributed by atoms with Crippen molar-refractivity contribution in [2.24, 2.45) is 0 Å². The second-order valence-electron chi connectivity index (χ2n) is 3.75. The van der Waals surface area contributed by atoms with Crippen LogP contribution in [-0.2, 0) is 13.0 Å². The molecule has 2 rings (SSSR count). The third-order valence-corrected chi connectivity index (χ3v) is 2.46. The summed E-state index contributed by atoms with van der Waals surface area (Å²) in [5.74, 6) is 1.30. The van der Waals surface area contributed by atoms with Gasteiger partial charge < -0.3 is 14.8 Å². The van der Waals surface area contributed by atoms with Crippen LogP contribution in [-0.4, -0.2) is 15.1 Å². The van der Waals surface area contributed by atoms with E-state index in [1.807, 2.05) is 6.92 Å². The fourth-order valence-corrected chi connectivity index (χ4v) is 1.55. The number of H-pyrrole nitrogens is 1. The van der Waals surface area contributed by atoms with E-state index in [4.69, 9.17) is 4.74 Å². The van der Waals surface area contributed by atoms with Gasteiger partial charge in [0.1, 0.15) is 11.6 Å². The van der Waals surface area contributed by atoms with Crippen LogP contribution in [0.15, 0.2) is 35.1 Å². The number of nitrogens with zero attached hydrogens (tertiary/aromatic N) is 1. The maximum absolute atomic E-state index is 11.4. The first-order valence-electron chi connectivity index (χ1n) is 5.69. The van der Waals surface area contributed by atoms with Crippen LogP contribution in [0.2, 0.25) is 0 Å². The monoisotopic (exact) mass is 246 g/mol. The molecule has 5 nitrogen and oxygen atoms in total. The van der Waals surface area contributed by atoms with E-state index in [0.29, 0.717) is 23.6 Å². The predicted molar refractivity (Wildman–Crippen MR) is 66.7 cm³/mol. The lowest BCUT2D eigenvalue weighted by molar-refractivity contribution is 0.276. The molecule has 94 valence electrons. The highest BCUT2D eigenvalue weighted by atomic mass is 16.5. The number of hydrogen-bond acceptors (Lipinski definition) is 4. The van der Waals surface area contributed by atoms with Crippen molar-refractivity contribution in [3.05, 3.63) is 52.1 Å². The van der Waals surface area contributed by atoms with Gasteiger partial charge in [-0.15, -0.1) is 0 Å². The van der Waals surface area contributed by atoms with Gasteiger partial charge in [-0.25, -0.2) is 0 Å². The molecule has 0 saturated heterocycles. The first-order chi connectivity index (χ1) is 8.72. The normalized spacial score (nSPS) is 10.3. The van der Waals surface area contributed by atoms with E-state index in [9.17, 15) is 9.90 Å². The Bertz CT molecular complexity index is 593. The number of benzene rings is 1. The zero-order chi connectivity index (χ0) is 13.0. The van der Waals surface area contributed by atoms with Crippen LogP contribution in [0.25, 0.3) is 0 Å². The van der Waals surface area contributed by atoms with Gasteiger partial charge in [0.2, 0.25) is 5.88 Å². The molecule has 1 aromatic heterocycles. The number of aromatic nitrogens is 2. The van der Waals surface area contributed by atoms with Crippen molar-refractivity contribution in [3.63, 3.8) is 0 Å². The number of nitrogens with one attached hydrogen (secondary N) is 1. The minimum absolute atomic E-state index is 0.125. The van der Waals surface area contributed by atoms with Crippen molar-refractivity contribution in [1.82, 2.24) is 9.97 Å². The zero-order valence-corrected chi connectivity index (χ0v) is 10.0. The van der Waals surface area contributed by atoms with Crippen LogP contribution in [0.3, 0.4) is 0 Å². The number of rotatable bonds is 4. The third kappa shape index (κ3) is 2.75. The van der Waals surface area contributed by atoms with Gasteiger partial charge in [-0.3, -0.25) is 4.79 Å². The summed E-state index contributed by atoms with van der Waals surface area (Å²) in [5, 5.41) is 9.18. The van der Waals surface area contributed by atoms with Crippen LogP contribution in [0.5, 0.6) is 11.6 Å². The molecular weight excluding hydrogens is 232 g/mol. The van der Waals surface area contributed by atoms with E-state index in [2.05, 4.69) is 9.97 Å². The quantitative estimate of drug-likeness (QED) is 0.859. The predicted octanol–water partition coefficient (Wildman–Crippen LogP) is 1.62. The minimum Gasteiger partial charge on any atom is -0.438 e. The Morgan fingerprint density at radius 1 is 1.39 bits per heavy atom. The van der Waals surface area contributed by atoms with Gasteiger partial charge in [0.05, 0.1) is 12.7 Å². The van der Waals surface area contributed by atoms with Crippen LogP contribution in [0, 0.1) is 0 Å². The van der Waals surface area contributed by atoms with Crippen LogP contribution in [0.1, 0.15) is 18.3 Å². The molecule has 1 aromatic carbocycles. The Labute approximate surface area is 104 Å². The van der Waals surface area contributed by atoms with Gasteiger partial charge in [0, 0.05) is 12.0 Å². The average Bonchev–Trinajstić information content (AvgIpc) is 2.38. The van der Waals surface area contributed by atoms with Gasteiger partial charge in [-0.05, 0) is 6.07 Å². The lowest BCUT2D eigenvalue weighted by Gasteiger charge is -2.08. The Morgan fingerprint density at radius 3 is 2.89 bits per heavy atom. The Morgan fingerprint density at radius 2 is 2.17 bits per heavy atom. The maximum atomic E-state index is 11.4. The van der Waals surface area contributed by atoms with Gasteiger partial charge in [-0.1, -0.05) is 25.1 Å². The summed E-state index contributed by atoms with van der Waals surface area (Å²) in [7, 11) is 0. The smallest absolute Gasteiger partial charge is 0.254 e. The molecule has 0 atom stereocenters. The van der Waals surface area contributed by atoms with Crippen molar-refractivity contribution in [3.8, 4) is 11.6 Å². The molecule has 1 heterocycles. The highest BCUT2D eigenvalue weighted by molar-refractivity contribution is 5.35. The fourth-order valence-electron chi connectivity index (χ4n) is 1.55. The Kier molecular flexibility index (Phi) is 3.74. The topological polar surface area (TPSA) is 75.2 Å². The Hall–Kier alpha value is -2.14. The molecule has 0 aliphatic rings. The van der Waals surface area contributed by atoms with Crippen molar-refractivity contribution in [1.29, 1.82) is 0 Å². The molecule has 0 aliphatic heterocycles. The molecule has 18 heavy (non-hydrogen) atoms. The molecule has 0 radical (unpaired) electrons. The highest BCUT2D eigenvalue weighted by Crippen LogP contribution is 2.22. The number of aryl methyl sites for hydroxylation is 1. The second-order valence-corrected chi connectivity index (χ2v) is 3.75. The molecule has 0 saturated carbocycles. The van der Waals surface area contributed by atoms with Gasteiger partial charge in [0.25, 0.3) is 5.56 Å². The molecule has 2 N–H and O–H groups in total. The zero-order valence-electron chi connectivity index (χ0n) is 10.0. The fraction of sp³-hybridized carbons (Fsp3) is 0.231. The van der Waals surface area contributed by atoms with Gasteiger partial charge in [0.15, 0.2) is 0 Å². The van der Waals surface area contributed by atoms with Gasteiger partial charge in [-0.2, -0.15) is 4.98 Å². The lowest BCUT2D eigenvalue weighted by atomic mass is 10.2. The standard InChI is InChI=1S/C13H14N2O3/c1-2-11-14-12(17)7-13(15-11)18-10-6-4-3-5-9(10)8-16/h3-7,16H,2,8H2,1H3,(H,14,15,17). The number of para-hydroxylation sites is 1. The molecule has 2 aromatic rings. The number of aliphatic hydroxyl groups excluding tert-OH is 1. The van der Waals surface area contributed by atoms with Crippen LogP contribution < -0.4 is 10.3 Å². The first-order valence-corrected chi connectivity index (χ1v) is 5.69. The summed E-state index contributed by atoms with van der Waals surface area (Å²) in [6.07, 6.45) is 0.619. The van der Waals surface area contributed by atoms with E-state index in [1.54, 1.807) is 24.3 Å². The van der Waals surface area contributed by atoms with E-state index in [1.165, 1.54) is 6.07 Å². The maximum Gasteiger partial charge on any atom is 0.254 e. The van der Waals surface area contributed by atoms with Crippen molar-refractivity contribution in [2.75, 3.05) is 0 Å². The SMILES string of the molecule is CCc1nc(Oc2ccccc2CO)cc(=O)[nH]1. The van der Waals surface area contributed by atoms with Crippen molar-refractivity contribution in [2.45, 2.75) is 20.0 Å². The summed E-state index contributed by atoms with van der Waals surface area (Å²) < 4.78 is 5.53. The number of aromatic amines is 1. The summed E-state index contributed by atoms with van der Waals surface area (Å²) in [6, 6.07) is 8.36. The summed E-state index contributed by atoms with van der Waals surface area (Å²) >= 11 is 0. The molecule has 0 unspecified atom stereocenters. The van der Waals surface area contributed by atoms with Crippen LogP contribution in [0.4, 0.5) is 0 Å². The molecule has 0 amide bonds. The van der Waals surface area contributed by atoms with Gasteiger partial charge >= 0.3 is 0 Å². The van der Waals surface area contributed by atoms with E-state index < -0.39 is 0 Å². The highest BCUT2D eigenvalue weighted by Gasteiger charge is 2.06. The molecular formula is C13H14N2O3. The van der Waals surface area contributed by atoms with Crippen molar-refractivity contribution >= 4 is 0 Å². The Balaban J connectivity index is 2.33. The molecule has 0 bridgehead atoms. The summed E-state index contributed by atoms with van der Waals surface area (Å²) in [6.45, 7) is 1.77. The second kappa shape index (κ2) is 5.46. The number of ether oxygens (including phenoxy) is 1. The number of aliphatic hydroxyl groups is 1. The molecule has 0 fully saturated rings. The average molecular weight is 246 g/mol. The van der Waals surface area contributed by atoms with E-state index in [0.717, 1.165) is 0 Å². The molecule has 5 heteroatoms. The molecule has 0 spiro atoms. The molecule has 0 aliphatic carbocycles. The van der Waals surface area contributed by atoms with E-state index in [-0.39, 0.29) is 18.0 Å². The van der Waals surface area contributed by atoms with Crippen LogP contribution >= 0.6 is 0 Å². The summed E-state index contributed by atoms with van der Waals surface area (Å²) in [5.41, 5.74) is 0.399. The minimum atomic E-state index is -0.252. The third-order valence-electron chi connectivity index (χ3n) is 2.46. The largest absolute Gasteiger partial charge is 0.438 e. The lowest BCUT2D eigenvalue weighted by Crippen LogP contribution is -2.10. The first kappa shape index (κ1) is 12.3. The van der Waals surface area contributed by atoms with E-state index >= 15 is 0 Å².